The average molecular weight is 301 g/mol. The first-order chi connectivity index (χ1) is 9.72. The third kappa shape index (κ3) is 3.15. The Bertz CT molecular complexity index is 480. The van der Waals surface area contributed by atoms with Crippen molar-refractivity contribution in [2.24, 2.45) is 11.8 Å². The van der Waals surface area contributed by atoms with Crippen molar-refractivity contribution in [2.45, 2.75) is 6.92 Å². The average Bonchev–Trinajstić information content (AvgIpc) is 2.42. The number of urea groups is 1. The smallest absolute Gasteiger partial charge is 0.332 e. The summed E-state index contributed by atoms with van der Waals surface area (Å²) in [4.78, 5) is 58.7. The van der Waals surface area contributed by atoms with Gasteiger partial charge in [-0.05, 0) is 6.92 Å². The molecule has 0 aromatic carbocycles. The molecule has 1 rings (SSSR count). The van der Waals surface area contributed by atoms with Gasteiger partial charge < -0.3 is 4.74 Å². The van der Waals surface area contributed by atoms with Gasteiger partial charge in [-0.15, -0.1) is 0 Å². The second-order valence-corrected chi connectivity index (χ2v) is 4.43. The first kappa shape index (κ1) is 16.5. The number of imide groups is 2. The Morgan fingerprint density at radius 1 is 1.29 bits per heavy atom. The molecule has 1 heterocycles. The zero-order chi connectivity index (χ0) is 16.3. The minimum Gasteiger partial charge on any atom is -0.466 e. The van der Waals surface area contributed by atoms with Crippen molar-refractivity contribution < 1.29 is 28.8 Å². The Balaban J connectivity index is 3.17. The molecule has 10 nitrogen and oxygen atoms in total. The zero-order valence-electron chi connectivity index (χ0n) is 11.8. The molecular formula is C11H15N3O7. The van der Waals surface area contributed by atoms with Gasteiger partial charge in [0, 0.05) is 19.0 Å². The molecular weight excluding hydrogens is 286 g/mol. The van der Waals surface area contributed by atoms with Crippen LogP contribution in [-0.2, 0) is 19.1 Å². The molecule has 1 aliphatic rings. The molecule has 10 heteroatoms. The van der Waals surface area contributed by atoms with Crippen LogP contribution < -0.4 is 0 Å². The summed E-state index contributed by atoms with van der Waals surface area (Å²) in [5.74, 6) is -6.14. The lowest BCUT2D eigenvalue weighted by Gasteiger charge is -2.34. The summed E-state index contributed by atoms with van der Waals surface area (Å²) in [6.45, 7) is 0.511. The van der Waals surface area contributed by atoms with Crippen LogP contribution in [0.2, 0.25) is 0 Å². The van der Waals surface area contributed by atoms with E-state index in [4.69, 9.17) is 0 Å². The minimum atomic E-state index is -1.64. The van der Waals surface area contributed by atoms with E-state index < -0.39 is 47.1 Å². The lowest BCUT2D eigenvalue weighted by Crippen LogP contribution is -2.60. The predicted octanol–water partition coefficient (Wildman–Crippen LogP) is -0.891. The molecule has 0 spiro atoms. The number of carbonyl (C=O) groups excluding carboxylic acids is 4. The van der Waals surface area contributed by atoms with Gasteiger partial charge >= 0.3 is 12.0 Å². The van der Waals surface area contributed by atoms with Crippen LogP contribution in [0, 0.1) is 22.0 Å². The molecule has 21 heavy (non-hydrogen) atoms. The van der Waals surface area contributed by atoms with Gasteiger partial charge in [-0.2, -0.15) is 0 Å². The van der Waals surface area contributed by atoms with Crippen molar-refractivity contribution in [3.63, 3.8) is 0 Å². The first-order valence-electron chi connectivity index (χ1n) is 6.09. The van der Waals surface area contributed by atoms with Crippen LogP contribution >= 0.6 is 0 Å². The second-order valence-electron chi connectivity index (χ2n) is 4.43. The molecule has 0 aromatic rings. The topological polar surface area (TPSA) is 127 Å². The normalized spacial score (nSPS) is 18.0. The van der Waals surface area contributed by atoms with E-state index in [9.17, 15) is 29.3 Å². The Labute approximate surface area is 119 Å². The van der Waals surface area contributed by atoms with E-state index in [0.717, 1.165) is 14.1 Å². The number of hydrogen-bond donors (Lipinski definition) is 0. The van der Waals surface area contributed by atoms with Crippen molar-refractivity contribution in [3.8, 4) is 0 Å². The molecule has 1 aliphatic heterocycles. The monoisotopic (exact) mass is 301 g/mol. The fraction of sp³-hybridized carbons (Fsp3) is 0.636. The molecule has 4 amide bonds. The van der Waals surface area contributed by atoms with Crippen LogP contribution in [0.5, 0.6) is 0 Å². The molecule has 1 atom stereocenters. The van der Waals surface area contributed by atoms with Crippen molar-refractivity contribution in [1.82, 2.24) is 9.80 Å². The summed E-state index contributed by atoms with van der Waals surface area (Å²) in [6, 6.07) is -0.857. The maximum absolute atomic E-state index is 12.1. The van der Waals surface area contributed by atoms with E-state index in [1.54, 1.807) is 0 Å². The predicted molar refractivity (Wildman–Crippen MR) is 66.4 cm³/mol. The van der Waals surface area contributed by atoms with E-state index in [1.165, 1.54) is 6.92 Å². The minimum absolute atomic E-state index is 0.0489. The molecule has 0 N–H and O–H groups in total. The third-order valence-corrected chi connectivity index (χ3v) is 3.10. The molecule has 0 aromatic heterocycles. The number of nitro groups is 1. The van der Waals surface area contributed by atoms with Crippen molar-refractivity contribution >= 4 is 23.8 Å². The Kier molecular flexibility index (Phi) is 4.95. The highest BCUT2D eigenvalue weighted by Gasteiger charge is 2.51. The van der Waals surface area contributed by atoms with Crippen LogP contribution in [0.3, 0.4) is 0 Å². The van der Waals surface area contributed by atoms with Crippen molar-refractivity contribution in [1.29, 1.82) is 0 Å². The fourth-order valence-electron chi connectivity index (χ4n) is 2.01. The fourth-order valence-corrected chi connectivity index (χ4v) is 2.01. The van der Waals surface area contributed by atoms with Gasteiger partial charge in [-0.25, -0.2) is 4.79 Å². The Morgan fingerprint density at radius 3 is 2.14 bits per heavy atom. The van der Waals surface area contributed by atoms with E-state index in [0.29, 0.717) is 9.80 Å². The van der Waals surface area contributed by atoms with E-state index in [2.05, 4.69) is 4.74 Å². The van der Waals surface area contributed by atoms with Crippen molar-refractivity contribution in [2.75, 3.05) is 27.2 Å². The molecule has 1 fully saturated rings. The van der Waals surface area contributed by atoms with Crippen LogP contribution in [0.15, 0.2) is 0 Å². The van der Waals surface area contributed by atoms with E-state index in [-0.39, 0.29) is 6.61 Å². The molecule has 0 bridgehead atoms. The number of hydrogen-bond acceptors (Lipinski definition) is 7. The van der Waals surface area contributed by atoms with Gasteiger partial charge in [-0.1, -0.05) is 0 Å². The van der Waals surface area contributed by atoms with Gasteiger partial charge in [0.15, 0.2) is 0 Å². The van der Waals surface area contributed by atoms with Crippen LogP contribution in [-0.4, -0.2) is 65.8 Å². The van der Waals surface area contributed by atoms with Crippen LogP contribution in [0.1, 0.15) is 6.92 Å². The quantitative estimate of drug-likeness (QED) is 0.279. The lowest BCUT2D eigenvalue weighted by molar-refractivity contribution is -0.487. The maximum Gasteiger partial charge on any atom is 0.332 e. The largest absolute Gasteiger partial charge is 0.466 e. The molecule has 1 unspecified atom stereocenters. The number of carbonyl (C=O) groups is 4. The molecule has 0 radical (unpaired) electrons. The summed E-state index contributed by atoms with van der Waals surface area (Å²) in [5.41, 5.74) is 0. The third-order valence-electron chi connectivity index (χ3n) is 3.10. The summed E-state index contributed by atoms with van der Waals surface area (Å²) >= 11 is 0. The van der Waals surface area contributed by atoms with E-state index >= 15 is 0 Å². The highest BCUT2D eigenvalue weighted by molar-refractivity contribution is 6.17. The highest BCUT2D eigenvalue weighted by Crippen LogP contribution is 2.24. The summed E-state index contributed by atoms with van der Waals surface area (Å²) in [5, 5.41) is 10.7. The molecule has 0 saturated carbocycles. The number of nitrogens with zero attached hydrogens (tertiary/aromatic N) is 3. The van der Waals surface area contributed by atoms with Crippen molar-refractivity contribution in [3.05, 3.63) is 10.1 Å². The van der Waals surface area contributed by atoms with Gasteiger partial charge in [0.25, 0.3) is 0 Å². The Hall–Kier alpha value is -2.52. The number of esters is 1. The summed E-state index contributed by atoms with van der Waals surface area (Å²) in [6.07, 6.45) is 0. The number of amides is 4. The van der Waals surface area contributed by atoms with Gasteiger partial charge in [0.2, 0.25) is 18.4 Å². The Morgan fingerprint density at radius 2 is 1.76 bits per heavy atom. The summed E-state index contributed by atoms with van der Waals surface area (Å²) in [7, 11) is 2.27. The highest BCUT2D eigenvalue weighted by atomic mass is 16.6. The van der Waals surface area contributed by atoms with E-state index in [1.807, 2.05) is 0 Å². The van der Waals surface area contributed by atoms with Gasteiger partial charge in [-0.3, -0.25) is 34.3 Å². The standard InChI is InChI=1S/C11H15N3O7/c1-4-21-10(17)6(5-14(19)20)7-8(15)12(2)11(18)13(3)9(7)16/h6-7H,4-5H2,1-3H3. The van der Waals surface area contributed by atoms with Crippen LogP contribution in [0.4, 0.5) is 4.79 Å². The maximum atomic E-state index is 12.1. The zero-order valence-corrected chi connectivity index (χ0v) is 11.8. The molecule has 1 saturated heterocycles. The molecule has 116 valence electrons. The van der Waals surface area contributed by atoms with Gasteiger partial charge in [0.1, 0.15) is 11.8 Å². The molecule has 0 aliphatic carbocycles. The van der Waals surface area contributed by atoms with Crippen LogP contribution in [0.25, 0.3) is 0 Å². The first-order valence-corrected chi connectivity index (χ1v) is 6.09. The van der Waals surface area contributed by atoms with Gasteiger partial charge in [0.05, 0.1) is 6.61 Å². The SMILES string of the molecule is CCOC(=O)C(C[N+](=O)[O-])C1C(=O)N(C)C(=O)N(C)C1=O. The summed E-state index contributed by atoms with van der Waals surface area (Å²) < 4.78 is 4.68. The lowest BCUT2D eigenvalue weighted by atomic mass is 9.88. The number of ether oxygens (including phenoxy) is 1. The number of barbiturate groups is 1. The number of rotatable bonds is 5. The second kappa shape index (κ2) is 6.29.